The molecule has 1 aromatic carbocycles. The molecule has 0 radical (unpaired) electrons. The Morgan fingerprint density at radius 2 is 2.15 bits per heavy atom. The smallest absolute Gasteiger partial charge is 0.226 e. The molecule has 104 valence electrons. The maximum atomic E-state index is 5.78. The van der Waals surface area contributed by atoms with Crippen LogP contribution < -0.4 is 11.1 Å². The second-order valence-corrected chi connectivity index (χ2v) is 5.13. The first-order valence-electron chi connectivity index (χ1n) is 6.78. The quantitative estimate of drug-likeness (QED) is 0.659. The van der Waals surface area contributed by atoms with Gasteiger partial charge in [-0.1, -0.05) is 17.7 Å². The minimum atomic E-state index is 0.431. The van der Waals surface area contributed by atoms with Gasteiger partial charge in [0.25, 0.3) is 0 Å². The zero-order chi connectivity index (χ0) is 13.9. The van der Waals surface area contributed by atoms with E-state index < -0.39 is 0 Å². The molecule has 0 spiro atoms. The monoisotopic (exact) mass is 270 g/mol. The Morgan fingerprint density at radius 3 is 2.85 bits per heavy atom. The first-order valence-corrected chi connectivity index (χ1v) is 6.78. The third-order valence-corrected chi connectivity index (χ3v) is 3.19. The normalized spacial score (nSPS) is 15.3. The maximum absolute atomic E-state index is 5.78. The van der Waals surface area contributed by atoms with Crippen molar-refractivity contribution in [1.29, 1.82) is 0 Å². The van der Waals surface area contributed by atoms with E-state index in [0.29, 0.717) is 24.4 Å². The highest BCUT2D eigenvalue weighted by Gasteiger charge is 2.21. The van der Waals surface area contributed by atoms with Gasteiger partial charge in [-0.2, -0.15) is 0 Å². The largest absolute Gasteiger partial charge is 0.444 e. The van der Waals surface area contributed by atoms with E-state index in [1.165, 1.54) is 18.4 Å². The number of nitrogens with two attached hydrogens (primary N) is 1. The minimum Gasteiger partial charge on any atom is -0.444 e. The van der Waals surface area contributed by atoms with Crippen LogP contribution in [0, 0.1) is 6.92 Å². The summed E-state index contributed by atoms with van der Waals surface area (Å²) in [6.45, 7) is 2.48. The molecule has 3 rings (SSSR count). The number of oxazole rings is 1. The van der Waals surface area contributed by atoms with Crippen LogP contribution in [-0.2, 0) is 6.54 Å². The molecule has 5 nitrogen and oxygen atoms in total. The van der Waals surface area contributed by atoms with Crippen LogP contribution in [0.15, 0.2) is 39.9 Å². The van der Waals surface area contributed by atoms with E-state index in [2.05, 4.69) is 22.2 Å². The molecule has 3 N–H and O–H groups in total. The Morgan fingerprint density at radius 1 is 1.40 bits per heavy atom. The van der Waals surface area contributed by atoms with Crippen LogP contribution in [-0.4, -0.2) is 17.0 Å². The van der Waals surface area contributed by atoms with E-state index in [4.69, 9.17) is 10.2 Å². The summed E-state index contributed by atoms with van der Waals surface area (Å²) in [4.78, 5) is 8.68. The van der Waals surface area contributed by atoms with Crippen LogP contribution in [0.25, 0.3) is 11.5 Å². The number of nitrogens with zero attached hydrogens (tertiary/aromatic N) is 2. The lowest BCUT2D eigenvalue weighted by Crippen LogP contribution is -2.33. The highest BCUT2D eigenvalue weighted by atomic mass is 16.3. The molecular weight excluding hydrogens is 252 g/mol. The van der Waals surface area contributed by atoms with Gasteiger partial charge in [0, 0.05) is 11.6 Å². The number of hydrogen-bond acceptors (Lipinski definition) is 3. The Labute approximate surface area is 117 Å². The van der Waals surface area contributed by atoms with E-state index in [9.17, 15) is 0 Å². The molecule has 1 fully saturated rings. The summed E-state index contributed by atoms with van der Waals surface area (Å²) in [6.07, 6.45) is 3.98. The van der Waals surface area contributed by atoms with Gasteiger partial charge in [0.15, 0.2) is 5.96 Å². The minimum absolute atomic E-state index is 0.431. The van der Waals surface area contributed by atoms with Gasteiger partial charge in [0.1, 0.15) is 12.0 Å². The molecule has 5 heteroatoms. The molecule has 1 aromatic heterocycles. The molecule has 2 aromatic rings. The molecule has 0 unspecified atom stereocenters. The number of hydrogen-bond donors (Lipinski definition) is 2. The average Bonchev–Trinajstić information content (AvgIpc) is 3.12. The van der Waals surface area contributed by atoms with Gasteiger partial charge in [0.2, 0.25) is 5.89 Å². The fraction of sp³-hybridized carbons (Fsp3) is 0.333. The lowest BCUT2D eigenvalue weighted by Gasteiger charge is -2.01. The molecule has 0 amide bonds. The van der Waals surface area contributed by atoms with E-state index in [1.807, 2.05) is 24.3 Å². The summed E-state index contributed by atoms with van der Waals surface area (Å²) in [6, 6.07) is 8.58. The van der Waals surface area contributed by atoms with Gasteiger partial charge in [-0.15, -0.1) is 0 Å². The van der Waals surface area contributed by atoms with Crippen LogP contribution in [0.1, 0.15) is 24.1 Å². The summed E-state index contributed by atoms with van der Waals surface area (Å²) in [5.41, 5.74) is 8.74. The lowest BCUT2D eigenvalue weighted by molar-refractivity contribution is 0.572. The standard InChI is InChI=1S/C15H18N4O/c1-10-2-4-11(5-3-10)14-18-13(9-20-14)8-17-15(16)19-12-6-7-12/h2-5,9,12H,6-8H2,1H3,(H3,16,17,19). The highest BCUT2D eigenvalue weighted by Crippen LogP contribution is 2.20. The molecule has 0 saturated heterocycles. The zero-order valence-electron chi connectivity index (χ0n) is 11.5. The van der Waals surface area contributed by atoms with Crippen LogP contribution in [0.3, 0.4) is 0 Å². The SMILES string of the molecule is Cc1ccc(-c2nc(CN=C(N)NC3CC3)co2)cc1. The van der Waals surface area contributed by atoms with E-state index in [-0.39, 0.29) is 0 Å². The molecular formula is C15H18N4O. The summed E-state index contributed by atoms with van der Waals surface area (Å²) in [5.74, 6) is 1.09. The van der Waals surface area contributed by atoms with Crippen molar-refractivity contribution in [3.63, 3.8) is 0 Å². The van der Waals surface area contributed by atoms with Gasteiger partial charge >= 0.3 is 0 Å². The molecule has 20 heavy (non-hydrogen) atoms. The Balaban J connectivity index is 1.65. The van der Waals surface area contributed by atoms with Gasteiger partial charge in [0.05, 0.1) is 6.54 Å². The zero-order valence-corrected chi connectivity index (χ0v) is 11.5. The summed E-state index contributed by atoms with van der Waals surface area (Å²) >= 11 is 0. The fourth-order valence-corrected chi connectivity index (χ4v) is 1.86. The molecule has 0 bridgehead atoms. The van der Waals surface area contributed by atoms with Gasteiger partial charge in [-0.25, -0.2) is 9.98 Å². The van der Waals surface area contributed by atoms with Gasteiger partial charge in [-0.05, 0) is 31.9 Å². The lowest BCUT2D eigenvalue weighted by atomic mass is 10.1. The van der Waals surface area contributed by atoms with E-state index >= 15 is 0 Å². The topological polar surface area (TPSA) is 76.4 Å². The van der Waals surface area contributed by atoms with Crippen molar-refractivity contribution >= 4 is 5.96 Å². The number of guanidine groups is 1. The Hall–Kier alpha value is -2.30. The number of aliphatic imine (C=N–C) groups is 1. The number of rotatable bonds is 4. The Kier molecular flexibility index (Phi) is 3.41. The summed E-state index contributed by atoms with van der Waals surface area (Å²) < 4.78 is 5.47. The predicted molar refractivity (Wildman–Crippen MR) is 78.2 cm³/mol. The molecule has 1 aliphatic carbocycles. The third kappa shape index (κ3) is 3.17. The van der Waals surface area contributed by atoms with E-state index in [0.717, 1.165) is 11.3 Å². The molecule has 0 atom stereocenters. The van der Waals surface area contributed by atoms with Gasteiger partial charge in [-0.3, -0.25) is 0 Å². The predicted octanol–water partition coefficient (Wildman–Crippen LogP) is 2.22. The van der Waals surface area contributed by atoms with Crippen molar-refractivity contribution in [2.75, 3.05) is 0 Å². The average molecular weight is 270 g/mol. The van der Waals surface area contributed by atoms with Crippen molar-refractivity contribution in [2.24, 2.45) is 10.7 Å². The summed E-state index contributed by atoms with van der Waals surface area (Å²) in [7, 11) is 0. The number of nitrogens with one attached hydrogen (secondary N) is 1. The molecule has 1 aliphatic rings. The number of aromatic nitrogens is 1. The van der Waals surface area contributed by atoms with Crippen LogP contribution in [0.4, 0.5) is 0 Å². The van der Waals surface area contributed by atoms with Crippen molar-refractivity contribution in [1.82, 2.24) is 10.3 Å². The van der Waals surface area contributed by atoms with E-state index in [1.54, 1.807) is 6.26 Å². The molecule has 1 heterocycles. The maximum Gasteiger partial charge on any atom is 0.226 e. The van der Waals surface area contributed by atoms with Crippen molar-refractivity contribution in [3.8, 4) is 11.5 Å². The van der Waals surface area contributed by atoms with Crippen molar-refractivity contribution in [3.05, 3.63) is 41.8 Å². The third-order valence-electron chi connectivity index (χ3n) is 3.19. The summed E-state index contributed by atoms with van der Waals surface area (Å²) in [5, 5.41) is 3.14. The number of aryl methyl sites for hydroxylation is 1. The second-order valence-electron chi connectivity index (χ2n) is 5.13. The molecule has 0 aliphatic heterocycles. The van der Waals surface area contributed by atoms with Gasteiger partial charge < -0.3 is 15.5 Å². The van der Waals surface area contributed by atoms with Crippen molar-refractivity contribution < 1.29 is 4.42 Å². The fourth-order valence-electron chi connectivity index (χ4n) is 1.86. The van der Waals surface area contributed by atoms with Crippen molar-refractivity contribution in [2.45, 2.75) is 32.4 Å². The molecule has 1 saturated carbocycles. The van der Waals surface area contributed by atoms with Crippen LogP contribution >= 0.6 is 0 Å². The highest BCUT2D eigenvalue weighted by molar-refractivity contribution is 5.78. The van der Waals surface area contributed by atoms with Crippen LogP contribution in [0.2, 0.25) is 0 Å². The Bertz CT molecular complexity index is 611. The second kappa shape index (κ2) is 5.36. The number of benzene rings is 1. The first kappa shape index (κ1) is 12.7. The van der Waals surface area contributed by atoms with Crippen LogP contribution in [0.5, 0.6) is 0 Å². The first-order chi connectivity index (χ1) is 9.70.